The lowest BCUT2D eigenvalue weighted by atomic mass is 9.93. The van der Waals surface area contributed by atoms with Gasteiger partial charge in [-0.1, -0.05) is 31.7 Å². The molecule has 0 unspecified atom stereocenters. The average Bonchev–Trinajstić information content (AvgIpc) is 2.69. The summed E-state index contributed by atoms with van der Waals surface area (Å²) in [6.45, 7) is 2.81. The molecule has 0 aromatic heterocycles. The lowest BCUT2D eigenvalue weighted by molar-refractivity contribution is 0.336. The molecule has 2 rings (SSSR count). The molecule has 1 atom stereocenters. The SMILES string of the molecule is C[C@@H](NCc1ccc(F)c(F)c1)C1CCCCCC1. The van der Waals surface area contributed by atoms with Crippen LogP contribution in [-0.4, -0.2) is 6.04 Å². The lowest BCUT2D eigenvalue weighted by Crippen LogP contribution is -2.33. The Morgan fingerprint density at radius 3 is 2.42 bits per heavy atom. The van der Waals surface area contributed by atoms with E-state index in [1.807, 2.05) is 0 Å². The first kappa shape index (κ1) is 14.4. The Labute approximate surface area is 114 Å². The van der Waals surface area contributed by atoms with E-state index in [-0.39, 0.29) is 0 Å². The molecule has 1 saturated carbocycles. The second-order valence-corrected chi connectivity index (χ2v) is 5.67. The van der Waals surface area contributed by atoms with Crippen molar-refractivity contribution in [3.05, 3.63) is 35.4 Å². The van der Waals surface area contributed by atoms with Crippen LogP contribution in [0.1, 0.15) is 51.0 Å². The van der Waals surface area contributed by atoms with Gasteiger partial charge in [0, 0.05) is 12.6 Å². The number of benzene rings is 1. The fourth-order valence-corrected chi connectivity index (χ4v) is 2.91. The summed E-state index contributed by atoms with van der Waals surface area (Å²) in [6.07, 6.45) is 7.92. The second-order valence-electron chi connectivity index (χ2n) is 5.67. The molecule has 1 aliphatic rings. The van der Waals surface area contributed by atoms with Crippen molar-refractivity contribution in [2.75, 3.05) is 0 Å². The van der Waals surface area contributed by atoms with Crippen LogP contribution in [-0.2, 0) is 6.54 Å². The van der Waals surface area contributed by atoms with E-state index in [4.69, 9.17) is 0 Å². The van der Waals surface area contributed by atoms with Gasteiger partial charge in [0.05, 0.1) is 0 Å². The zero-order valence-corrected chi connectivity index (χ0v) is 11.6. The van der Waals surface area contributed by atoms with Crippen molar-refractivity contribution in [2.45, 2.75) is 58.0 Å². The molecule has 0 amide bonds. The molecule has 0 heterocycles. The van der Waals surface area contributed by atoms with E-state index >= 15 is 0 Å². The van der Waals surface area contributed by atoms with Crippen LogP contribution in [0.2, 0.25) is 0 Å². The molecule has 1 fully saturated rings. The first-order chi connectivity index (χ1) is 9.16. The molecular weight excluding hydrogens is 244 g/mol. The van der Waals surface area contributed by atoms with Gasteiger partial charge in [0.2, 0.25) is 0 Å². The van der Waals surface area contributed by atoms with Crippen molar-refractivity contribution in [2.24, 2.45) is 5.92 Å². The Kier molecular flexibility index (Phi) is 5.32. The van der Waals surface area contributed by atoms with E-state index < -0.39 is 11.6 Å². The van der Waals surface area contributed by atoms with E-state index in [1.165, 1.54) is 50.7 Å². The minimum absolute atomic E-state index is 0.436. The van der Waals surface area contributed by atoms with Crippen molar-refractivity contribution in [3.8, 4) is 0 Å². The van der Waals surface area contributed by atoms with Crippen LogP contribution in [0, 0.1) is 17.6 Å². The first-order valence-corrected chi connectivity index (χ1v) is 7.34. The largest absolute Gasteiger partial charge is 0.310 e. The van der Waals surface area contributed by atoms with Crippen molar-refractivity contribution < 1.29 is 8.78 Å². The standard InChI is InChI=1S/C16H23F2N/c1-12(14-6-4-2-3-5-7-14)19-11-13-8-9-15(17)16(18)10-13/h8-10,12,14,19H,2-7,11H2,1H3/t12-/m1/s1. The molecule has 19 heavy (non-hydrogen) atoms. The Balaban J connectivity index is 1.84. The van der Waals surface area contributed by atoms with Gasteiger partial charge in [-0.25, -0.2) is 8.78 Å². The van der Waals surface area contributed by atoms with Crippen LogP contribution in [0.5, 0.6) is 0 Å². The third-order valence-corrected chi connectivity index (χ3v) is 4.22. The smallest absolute Gasteiger partial charge is 0.159 e. The summed E-state index contributed by atoms with van der Waals surface area (Å²) >= 11 is 0. The van der Waals surface area contributed by atoms with Crippen molar-refractivity contribution >= 4 is 0 Å². The number of nitrogens with one attached hydrogen (secondary N) is 1. The molecule has 1 N–H and O–H groups in total. The second kappa shape index (κ2) is 6.99. The molecule has 1 nitrogen and oxygen atoms in total. The van der Waals surface area contributed by atoms with E-state index in [2.05, 4.69) is 12.2 Å². The minimum Gasteiger partial charge on any atom is -0.310 e. The predicted molar refractivity (Wildman–Crippen MR) is 73.9 cm³/mol. The predicted octanol–water partition coefficient (Wildman–Crippen LogP) is 4.41. The third kappa shape index (κ3) is 4.27. The maximum Gasteiger partial charge on any atom is 0.159 e. The molecule has 3 heteroatoms. The molecule has 1 aliphatic carbocycles. The normalized spacial score (nSPS) is 19.1. The van der Waals surface area contributed by atoms with Gasteiger partial charge in [-0.3, -0.25) is 0 Å². The van der Waals surface area contributed by atoms with Gasteiger partial charge in [-0.05, 0) is 43.4 Å². The molecule has 1 aromatic carbocycles. The highest BCUT2D eigenvalue weighted by atomic mass is 19.2. The topological polar surface area (TPSA) is 12.0 Å². The number of halogens is 2. The van der Waals surface area contributed by atoms with Crippen molar-refractivity contribution in [1.29, 1.82) is 0 Å². The van der Waals surface area contributed by atoms with Gasteiger partial charge in [0.15, 0.2) is 11.6 Å². The van der Waals surface area contributed by atoms with Crippen LogP contribution in [0.4, 0.5) is 8.78 Å². The molecule has 106 valence electrons. The molecule has 0 aliphatic heterocycles. The average molecular weight is 267 g/mol. The van der Waals surface area contributed by atoms with Crippen LogP contribution >= 0.6 is 0 Å². The minimum atomic E-state index is -0.777. The summed E-state index contributed by atoms with van der Waals surface area (Å²) in [5, 5.41) is 3.45. The fraction of sp³-hybridized carbons (Fsp3) is 0.625. The quantitative estimate of drug-likeness (QED) is 0.797. The Morgan fingerprint density at radius 1 is 1.11 bits per heavy atom. The van der Waals surface area contributed by atoms with Gasteiger partial charge in [-0.2, -0.15) is 0 Å². The summed E-state index contributed by atoms with van der Waals surface area (Å²) < 4.78 is 25.9. The van der Waals surface area contributed by atoms with Gasteiger partial charge in [0.1, 0.15) is 0 Å². The molecule has 0 radical (unpaired) electrons. The summed E-state index contributed by atoms with van der Waals surface area (Å²) in [5.74, 6) is -0.824. The highest BCUT2D eigenvalue weighted by Gasteiger charge is 2.18. The van der Waals surface area contributed by atoms with Crippen molar-refractivity contribution in [3.63, 3.8) is 0 Å². The summed E-state index contributed by atoms with van der Waals surface area (Å²) in [4.78, 5) is 0. The molecule has 1 aromatic rings. The Bertz CT molecular complexity index is 398. The van der Waals surface area contributed by atoms with Crippen molar-refractivity contribution in [1.82, 2.24) is 5.32 Å². The summed E-state index contributed by atoms with van der Waals surface area (Å²) in [6, 6.07) is 4.56. The summed E-state index contributed by atoms with van der Waals surface area (Å²) in [5.41, 5.74) is 0.805. The molecule has 0 bridgehead atoms. The van der Waals surface area contributed by atoms with Crippen LogP contribution in [0.15, 0.2) is 18.2 Å². The fourth-order valence-electron chi connectivity index (χ4n) is 2.91. The number of hydrogen-bond donors (Lipinski definition) is 1. The van der Waals surface area contributed by atoms with E-state index in [9.17, 15) is 8.78 Å². The maximum atomic E-state index is 13.1. The molecule has 0 saturated heterocycles. The van der Waals surface area contributed by atoms with Gasteiger partial charge >= 0.3 is 0 Å². The number of hydrogen-bond acceptors (Lipinski definition) is 1. The lowest BCUT2D eigenvalue weighted by Gasteiger charge is -2.23. The van der Waals surface area contributed by atoms with E-state index in [0.29, 0.717) is 18.5 Å². The van der Waals surface area contributed by atoms with E-state index in [1.54, 1.807) is 6.07 Å². The Morgan fingerprint density at radius 2 is 1.79 bits per heavy atom. The molecular formula is C16H23F2N. The van der Waals surface area contributed by atoms with Gasteiger partial charge in [0.25, 0.3) is 0 Å². The zero-order chi connectivity index (χ0) is 13.7. The first-order valence-electron chi connectivity index (χ1n) is 7.34. The Hall–Kier alpha value is -0.960. The molecule has 0 spiro atoms. The monoisotopic (exact) mass is 267 g/mol. The van der Waals surface area contributed by atoms with E-state index in [0.717, 1.165) is 5.56 Å². The highest BCUT2D eigenvalue weighted by molar-refractivity contribution is 5.17. The number of rotatable bonds is 4. The van der Waals surface area contributed by atoms with Crippen LogP contribution in [0.25, 0.3) is 0 Å². The van der Waals surface area contributed by atoms with Gasteiger partial charge in [-0.15, -0.1) is 0 Å². The highest BCUT2D eigenvalue weighted by Crippen LogP contribution is 2.25. The third-order valence-electron chi connectivity index (χ3n) is 4.22. The maximum absolute atomic E-state index is 13.1. The van der Waals surface area contributed by atoms with Crippen LogP contribution < -0.4 is 5.32 Å². The van der Waals surface area contributed by atoms with Gasteiger partial charge < -0.3 is 5.32 Å². The summed E-state index contributed by atoms with van der Waals surface area (Å²) in [7, 11) is 0. The zero-order valence-electron chi connectivity index (χ0n) is 11.6. The van der Waals surface area contributed by atoms with Crippen LogP contribution in [0.3, 0.4) is 0 Å².